The summed E-state index contributed by atoms with van der Waals surface area (Å²) in [6.07, 6.45) is 2.29. The van der Waals surface area contributed by atoms with Crippen LogP contribution < -0.4 is 11.3 Å². The lowest BCUT2D eigenvalue weighted by atomic mass is 10.1. The van der Waals surface area contributed by atoms with Crippen LogP contribution in [-0.2, 0) is 0 Å². The molecule has 5 heteroatoms. The van der Waals surface area contributed by atoms with Gasteiger partial charge in [-0.3, -0.25) is 5.43 Å². The van der Waals surface area contributed by atoms with Gasteiger partial charge in [0.2, 0.25) is 0 Å². The van der Waals surface area contributed by atoms with E-state index in [1.54, 1.807) is 4.90 Å². The molecular weight excluding hydrogens is 198 g/mol. The smallest absolute Gasteiger partial charge is 0.323 e. The Kier molecular flexibility index (Phi) is 4.54. The van der Waals surface area contributed by atoms with E-state index >= 15 is 0 Å². The normalized spacial score (nSPS) is 22.6. The molecule has 1 unspecified atom stereocenters. The SMILES string of the molecule is CC(C)SC1CCCN(C(=O)NN)C1. The first-order valence-electron chi connectivity index (χ1n) is 5.04. The highest BCUT2D eigenvalue weighted by Crippen LogP contribution is 2.25. The standard InChI is InChI=1S/C9H19N3OS/c1-7(2)14-8-4-3-5-12(6-8)9(13)11-10/h7-8H,3-6,10H2,1-2H3,(H,11,13). The Morgan fingerprint density at radius 2 is 2.36 bits per heavy atom. The largest absolute Gasteiger partial charge is 0.331 e. The molecule has 0 aromatic rings. The molecule has 1 heterocycles. The quantitative estimate of drug-likeness (QED) is 0.415. The Bertz CT molecular complexity index is 198. The van der Waals surface area contributed by atoms with Crippen molar-refractivity contribution in [3.63, 3.8) is 0 Å². The minimum Gasteiger partial charge on any atom is -0.323 e. The zero-order chi connectivity index (χ0) is 10.6. The molecule has 3 N–H and O–H groups in total. The van der Waals surface area contributed by atoms with Crippen molar-refractivity contribution in [3.8, 4) is 0 Å². The van der Waals surface area contributed by atoms with Crippen molar-refractivity contribution in [3.05, 3.63) is 0 Å². The Labute approximate surface area is 89.6 Å². The van der Waals surface area contributed by atoms with E-state index in [-0.39, 0.29) is 6.03 Å². The van der Waals surface area contributed by atoms with Gasteiger partial charge < -0.3 is 4.90 Å². The first-order valence-corrected chi connectivity index (χ1v) is 5.98. The van der Waals surface area contributed by atoms with Gasteiger partial charge in [-0.05, 0) is 18.1 Å². The van der Waals surface area contributed by atoms with Gasteiger partial charge in [-0.2, -0.15) is 11.8 Å². The average molecular weight is 217 g/mol. The van der Waals surface area contributed by atoms with Gasteiger partial charge in [0.05, 0.1) is 0 Å². The maximum atomic E-state index is 11.3. The molecule has 4 nitrogen and oxygen atoms in total. The van der Waals surface area contributed by atoms with Gasteiger partial charge in [-0.1, -0.05) is 13.8 Å². The Balaban J connectivity index is 2.39. The Morgan fingerprint density at radius 3 is 2.93 bits per heavy atom. The van der Waals surface area contributed by atoms with Crippen LogP contribution in [0.1, 0.15) is 26.7 Å². The number of rotatable bonds is 2. The van der Waals surface area contributed by atoms with E-state index in [4.69, 9.17) is 5.84 Å². The summed E-state index contributed by atoms with van der Waals surface area (Å²) in [6.45, 7) is 6.03. The summed E-state index contributed by atoms with van der Waals surface area (Å²) in [5.41, 5.74) is 2.19. The maximum Gasteiger partial charge on any atom is 0.331 e. The van der Waals surface area contributed by atoms with Crippen LogP contribution in [0.25, 0.3) is 0 Å². The molecule has 0 aliphatic carbocycles. The topological polar surface area (TPSA) is 58.4 Å². The monoisotopic (exact) mass is 217 g/mol. The third-order valence-corrected chi connectivity index (χ3v) is 3.57. The maximum absolute atomic E-state index is 11.3. The van der Waals surface area contributed by atoms with Crippen molar-refractivity contribution < 1.29 is 4.79 Å². The van der Waals surface area contributed by atoms with E-state index in [9.17, 15) is 4.79 Å². The van der Waals surface area contributed by atoms with Gasteiger partial charge >= 0.3 is 6.03 Å². The van der Waals surface area contributed by atoms with Crippen molar-refractivity contribution in [1.29, 1.82) is 0 Å². The molecule has 1 saturated heterocycles. The number of carbonyl (C=O) groups is 1. The van der Waals surface area contributed by atoms with Gasteiger partial charge in [-0.25, -0.2) is 10.6 Å². The number of nitrogens with one attached hydrogen (secondary N) is 1. The summed E-state index contributed by atoms with van der Waals surface area (Å²) < 4.78 is 0. The predicted octanol–water partition coefficient (Wildman–Crippen LogP) is 1.18. The highest BCUT2D eigenvalue weighted by atomic mass is 32.2. The Hall–Kier alpha value is -0.420. The van der Waals surface area contributed by atoms with E-state index in [1.807, 2.05) is 11.8 Å². The number of carbonyl (C=O) groups excluding carboxylic acids is 1. The number of nitrogens with two attached hydrogens (primary N) is 1. The van der Waals surface area contributed by atoms with Crippen molar-refractivity contribution in [2.75, 3.05) is 13.1 Å². The molecule has 1 fully saturated rings. The van der Waals surface area contributed by atoms with Gasteiger partial charge in [0.15, 0.2) is 0 Å². The van der Waals surface area contributed by atoms with Gasteiger partial charge in [0.25, 0.3) is 0 Å². The zero-order valence-electron chi connectivity index (χ0n) is 8.82. The lowest BCUT2D eigenvalue weighted by Gasteiger charge is -2.32. The van der Waals surface area contributed by atoms with Gasteiger partial charge in [-0.15, -0.1) is 0 Å². The molecule has 2 amide bonds. The molecule has 1 aliphatic heterocycles. The van der Waals surface area contributed by atoms with E-state index in [0.717, 1.165) is 19.5 Å². The number of hydrazine groups is 1. The summed E-state index contributed by atoms with van der Waals surface area (Å²) in [6, 6.07) is -0.154. The lowest BCUT2D eigenvalue weighted by Crippen LogP contribution is -2.48. The molecule has 82 valence electrons. The molecule has 1 atom stereocenters. The number of amides is 2. The molecular formula is C9H19N3OS. The summed E-state index contributed by atoms with van der Waals surface area (Å²) in [5, 5.41) is 1.20. The third kappa shape index (κ3) is 3.38. The average Bonchev–Trinajstić information content (AvgIpc) is 2.16. The molecule has 0 aromatic carbocycles. The van der Waals surface area contributed by atoms with Gasteiger partial charge in [0, 0.05) is 18.3 Å². The molecule has 1 rings (SSSR count). The van der Waals surface area contributed by atoms with Crippen LogP contribution in [-0.4, -0.2) is 34.5 Å². The second-order valence-electron chi connectivity index (χ2n) is 3.84. The van der Waals surface area contributed by atoms with Gasteiger partial charge in [0.1, 0.15) is 0 Å². The third-order valence-electron chi connectivity index (χ3n) is 2.25. The zero-order valence-corrected chi connectivity index (χ0v) is 9.64. The van der Waals surface area contributed by atoms with E-state index in [1.165, 1.54) is 6.42 Å². The summed E-state index contributed by atoms with van der Waals surface area (Å²) >= 11 is 1.94. The van der Waals surface area contributed by atoms with Crippen LogP contribution in [0, 0.1) is 0 Å². The van der Waals surface area contributed by atoms with Crippen molar-refractivity contribution in [2.24, 2.45) is 5.84 Å². The minimum absolute atomic E-state index is 0.154. The van der Waals surface area contributed by atoms with E-state index < -0.39 is 0 Å². The molecule has 0 aromatic heterocycles. The van der Waals surface area contributed by atoms with Crippen LogP contribution in [0.4, 0.5) is 4.79 Å². The first kappa shape index (κ1) is 11.7. The fourth-order valence-electron chi connectivity index (χ4n) is 1.71. The number of thioether (sulfide) groups is 1. The van der Waals surface area contributed by atoms with Crippen molar-refractivity contribution in [2.45, 2.75) is 37.2 Å². The number of piperidine rings is 1. The van der Waals surface area contributed by atoms with Crippen molar-refractivity contribution >= 4 is 17.8 Å². The Morgan fingerprint density at radius 1 is 1.64 bits per heavy atom. The van der Waals surface area contributed by atoms with Crippen LogP contribution in [0.15, 0.2) is 0 Å². The fourth-order valence-corrected chi connectivity index (χ4v) is 3.05. The molecule has 0 bridgehead atoms. The van der Waals surface area contributed by atoms with Crippen LogP contribution in [0.3, 0.4) is 0 Å². The summed E-state index contributed by atoms with van der Waals surface area (Å²) in [4.78, 5) is 13.1. The minimum atomic E-state index is -0.154. The summed E-state index contributed by atoms with van der Waals surface area (Å²) in [7, 11) is 0. The highest BCUT2D eigenvalue weighted by molar-refractivity contribution is 8.00. The lowest BCUT2D eigenvalue weighted by molar-refractivity contribution is 0.188. The number of likely N-dealkylation sites (tertiary alicyclic amines) is 1. The predicted molar refractivity (Wildman–Crippen MR) is 60.0 cm³/mol. The highest BCUT2D eigenvalue weighted by Gasteiger charge is 2.23. The number of nitrogens with zero attached hydrogens (tertiary/aromatic N) is 1. The number of hydrogen-bond acceptors (Lipinski definition) is 3. The summed E-state index contributed by atoms with van der Waals surface area (Å²) in [5.74, 6) is 5.10. The van der Waals surface area contributed by atoms with Crippen molar-refractivity contribution in [1.82, 2.24) is 10.3 Å². The molecule has 1 aliphatic rings. The fraction of sp³-hybridized carbons (Fsp3) is 0.889. The van der Waals surface area contributed by atoms with E-state index in [2.05, 4.69) is 19.3 Å². The first-order chi connectivity index (χ1) is 6.63. The van der Waals surface area contributed by atoms with Crippen LogP contribution in [0.5, 0.6) is 0 Å². The molecule has 0 spiro atoms. The molecule has 0 saturated carbocycles. The second kappa shape index (κ2) is 5.46. The number of hydrogen-bond donors (Lipinski definition) is 2. The van der Waals surface area contributed by atoms with Crippen LogP contribution >= 0.6 is 11.8 Å². The van der Waals surface area contributed by atoms with E-state index in [0.29, 0.717) is 10.5 Å². The molecule has 0 radical (unpaired) electrons. The van der Waals surface area contributed by atoms with Crippen LogP contribution in [0.2, 0.25) is 0 Å². The molecule has 14 heavy (non-hydrogen) atoms. The number of urea groups is 1. The second-order valence-corrected chi connectivity index (χ2v) is 5.73.